The molecule has 0 spiro atoms. The van der Waals surface area contributed by atoms with Gasteiger partial charge in [0.25, 0.3) is 0 Å². The van der Waals surface area contributed by atoms with Crippen LogP contribution < -0.4 is 10.6 Å². The van der Waals surface area contributed by atoms with Crippen LogP contribution in [0.25, 0.3) is 0 Å². The van der Waals surface area contributed by atoms with Crippen LogP contribution in [0.3, 0.4) is 0 Å². The summed E-state index contributed by atoms with van der Waals surface area (Å²) in [6, 6.07) is 6.55. The highest BCUT2D eigenvalue weighted by Gasteiger charge is 2.31. The zero-order valence-electron chi connectivity index (χ0n) is 10.1. The monoisotopic (exact) mass is 269 g/mol. The molecule has 2 rings (SSSR count). The maximum absolute atomic E-state index is 12.0. The molecule has 1 saturated heterocycles. The summed E-state index contributed by atoms with van der Waals surface area (Å²) in [5.74, 6) is 0. The SMILES string of the molecule is CN(C(=O)Nc1ccccc1Cl)[C@@H]1CNC[C@H]1O. The molecule has 0 aliphatic carbocycles. The summed E-state index contributed by atoms with van der Waals surface area (Å²) in [5, 5.41) is 16.0. The van der Waals surface area contributed by atoms with Crippen LogP contribution in [0.5, 0.6) is 0 Å². The number of para-hydroxylation sites is 1. The summed E-state index contributed by atoms with van der Waals surface area (Å²) < 4.78 is 0. The van der Waals surface area contributed by atoms with E-state index in [1.165, 1.54) is 4.90 Å². The zero-order valence-corrected chi connectivity index (χ0v) is 10.8. The van der Waals surface area contributed by atoms with Gasteiger partial charge in [-0.15, -0.1) is 0 Å². The van der Waals surface area contributed by atoms with Gasteiger partial charge in [0.1, 0.15) is 0 Å². The van der Waals surface area contributed by atoms with Crippen molar-refractivity contribution in [2.75, 3.05) is 25.5 Å². The van der Waals surface area contributed by atoms with Gasteiger partial charge in [-0.1, -0.05) is 23.7 Å². The number of benzene rings is 1. The number of β-amino-alcohol motifs (C(OH)–C–C–N with tert-alkyl or cyclic N) is 1. The second-order valence-corrected chi connectivity index (χ2v) is 4.72. The molecule has 1 heterocycles. The molecule has 0 aromatic heterocycles. The van der Waals surface area contributed by atoms with Crippen LogP contribution in [0, 0.1) is 0 Å². The van der Waals surface area contributed by atoms with Gasteiger partial charge in [-0.05, 0) is 12.1 Å². The summed E-state index contributed by atoms with van der Waals surface area (Å²) in [6.45, 7) is 1.10. The third kappa shape index (κ3) is 2.75. The highest BCUT2D eigenvalue weighted by Crippen LogP contribution is 2.21. The van der Waals surface area contributed by atoms with E-state index in [1.807, 2.05) is 0 Å². The van der Waals surface area contributed by atoms with Crippen molar-refractivity contribution in [2.45, 2.75) is 12.1 Å². The van der Waals surface area contributed by atoms with Crippen LogP contribution in [0.2, 0.25) is 5.02 Å². The van der Waals surface area contributed by atoms with Crippen molar-refractivity contribution in [3.05, 3.63) is 29.3 Å². The molecular formula is C12H16ClN3O2. The van der Waals surface area contributed by atoms with Crippen molar-refractivity contribution in [2.24, 2.45) is 0 Å². The van der Waals surface area contributed by atoms with Crippen LogP contribution in [-0.4, -0.2) is 48.3 Å². The zero-order chi connectivity index (χ0) is 13.1. The molecule has 1 aromatic rings. The van der Waals surface area contributed by atoms with Gasteiger partial charge >= 0.3 is 6.03 Å². The lowest BCUT2D eigenvalue weighted by Crippen LogP contribution is -2.46. The maximum Gasteiger partial charge on any atom is 0.322 e. The van der Waals surface area contributed by atoms with E-state index < -0.39 is 6.10 Å². The van der Waals surface area contributed by atoms with Gasteiger partial charge in [-0.2, -0.15) is 0 Å². The third-order valence-corrected chi connectivity index (χ3v) is 3.41. The Balaban J connectivity index is 2.02. The Morgan fingerprint density at radius 2 is 2.22 bits per heavy atom. The smallest absolute Gasteiger partial charge is 0.322 e. The van der Waals surface area contributed by atoms with Crippen LogP contribution in [0.15, 0.2) is 24.3 Å². The molecule has 5 nitrogen and oxygen atoms in total. The number of aliphatic hydroxyl groups is 1. The number of likely N-dealkylation sites (N-methyl/N-ethyl adjacent to an activating group) is 1. The van der Waals surface area contributed by atoms with E-state index in [-0.39, 0.29) is 12.1 Å². The largest absolute Gasteiger partial charge is 0.390 e. The first kappa shape index (κ1) is 13.1. The average Bonchev–Trinajstić information content (AvgIpc) is 2.77. The minimum atomic E-state index is -0.535. The first-order chi connectivity index (χ1) is 8.59. The minimum absolute atomic E-state index is 0.215. The fourth-order valence-electron chi connectivity index (χ4n) is 1.96. The quantitative estimate of drug-likeness (QED) is 0.754. The van der Waals surface area contributed by atoms with Gasteiger partial charge in [-0.25, -0.2) is 4.79 Å². The van der Waals surface area contributed by atoms with Crippen molar-refractivity contribution in [3.63, 3.8) is 0 Å². The Morgan fingerprint density at radius 3 is 2.83 bits per heavy atom. The Hall–Kier alpha value is -1.30. The number of hydrogen-bond acceptors (Lipinski definition) is 3. The number of nitrogens with zero attached hydrogens (tertiary/aromatic N) is 1. The fourth-order valence-corrected chi connectivity index (χ4v) is 2.15. The van der Waals surface area contributed by atoms with E-state index >= 15 is 0 Å². The van der Waals surface area contributed by atoms with E-state index in [0.717, 1.165) is 0 Å². The first-order valence-corrected chi connectivity index (χ1v) is 6.14. The molecule has 0 radical (unpaired) electrons. The molecule has 0 saturated carbocycles. The van der Waals surface area contributed by atoms with Crippen molar-refractivity contribution in [3.8, 4) is 0 Å². The molecule has 0 bridgehead atoms. The number of carbonyl (C=O) groups is 1. The predicted molar refractivity (Wildman–Crippen MR) is 70.9 cm³/mol. The van der Waals surface area contributed by atoms with Crippen molar-refractivity contribution in [1.82, 2.24) is 10.2 Å². The molecule has 2 atom stereocenters. The summed E-state index contributed by atoms with van der Waals surface area (Å²) in [7, 11) is 1.66. The molecule has 3 N–H and O–H groups in total. The molecule has 2 amide bonds. The maximum atomic E-state index is 12.0. The van der Waals surface area contributed by atoms with Crippen LogP contribution >= 0.6 is 11.6 Å². The van der Waals surface area contributed by atoms with Crippen molar-refractivity contribution < 1.29 is 9.90 Å². The third-order valence-electron chi connectivity index (χ3n) is 3.08. The standard InChI is InChI=1S/C12H16ClN3O2/c1-16(10-6-14-7-11(10)17)12(18)15-9-5-3-2-4-8(9)13/h2-5,10-11,14,17H,6-7H2,1H3,(H,15,18)/t10-,11-/m1/s1. The van der Waals surface area contributed by atoms with Gasteiger partial charge in [0.15, 0.2) is 0 Å². The molecule has 1 aliphatic heterocycles. The van der Waals surface area contributed by atoms with E-state index in [1.54, 1.807) is 31.3 Å². The number of amides is 2. The summed E-state index contributed by atoms with van der Waals surface area (Å²) in [4.78, 5) is 13.5. The molecule has 1 aromatic carbocycles. The van der Waals surface area contributed by atoms with E-state index in [9.17, 15) is 9.90 Å². The summed E-state index contributed by atoms with van der Waals surface area (Å²) in [5.41, 5.74) is 0.566. The van der Waals surface area contributed by atoms with E-state index in [0.29, 0.717) is 23.8 Å². The molecule has 6 heteroatoms. The van der Waals surface area contributed by atoms with Crippen LogP contribution in [-0.2, 0) is 0 Å². The van der Waals surface area contributed by atoms with E-state index in [2.05, 4.69) is 10.6 Å². The number of nitrogens with one attached hydrogen (secondary N) is 2. The van der Waals surface area contributed by atoms with Gasteiger partial charge in [0.05, 0.1) is 22.9 Å². The highest BCUT2D eigenvalue weighted by molar-refractivity contribution is 6.33. The van der Waals surface area contributed by atoms with Gasteiger partial charge < -0.3 is 20.6 Å². The van der Waals surface area contributed by atoms with Gasteiger partial charge in [0.2, 0.25) is 0 Å². The lowest BCUT2D eigenvalue weighted by Gasteiger charge is -2.26. The van der Waals surface area contributed by atoms with Crippen molar-refractivity contribution in [1.29, 1.82) is 0 Å². The normalized spacial score (nSPS) is 22.8. The molecule has 18 heavy (non-hydrogen) atoms. The number of halogens is 1. The van der Waals surface area contributed by atoms with Crippen LogP contribution in [0.1, 0.15) is 0 Å². The molecule has 98 valence electrons. The lowest BCUT2D eigenvalue weighted by molar-refractivity contribution is 0.115. The van der Waals surface area contributed by atoms with Gasteiger partial charge in [0, 0.05) is 20.1 Å². The number of rotatable bonds is 2. The highest BCUT2D eigenvalue weighted by atomic mass is 35.5. The number of aliphatic hydroxyl groups excluding tert-OH is 1. The minimum Gasteiger partial charge on any atom is -0.390 e. The van der Waals surface area contributed by atoms with E-state index in [4.69, 9.17) is 11.6 Å². The second-order valence-electron chi connectivity index (χ2n) is 4.31. The Kier molecular flexibility index (Phi) is 4.06. The summed E-state index contributed by atoms with van der Waals surface area (Å²) >= 11 is 5.97. The summed E-state index contributed by atoms with van der Waals surface area (Å²) in [6.07, 6.45) is -0.535. The van der Waals surface area contributed by atoms with Crippen LogP contribution in [0.4, 0.5) is 10.5 Å². The number of urea groups is 1. The Bertz CT molecular complexity index is 441. The number of anilines is 1. The molecule has 0 unspecified atom stereocenters. The number of hydrogen-bond donors (Lipinski definition) is 3. The van der Waals surface area contributed by atoms with Crippen molar-refractivity contribution >= 4 is 23.3 Å². The molecule has 1 fully saturated rings. The topological polar surface area (TPSA) is 64.6 Å². The predicted octanol–water partition coefficient (Wildman–Crippen LogP) is 1.14. The molecular weight excluding hydrogens is 254 g/mol. The molecule has 1 aliphatic rings. The average molecular weight is 270 g/mol. The first-order valence-electron chi connectivity index (χ1n) is 5.76. The fraction of sp³-hybridized carbons (Fsp3) is 0.417. The second kappa shape index (κ2) is 5.56. The van der Waals surface area contributed by atoms with Gasteiger partial charge in [-0.3, -0.25) is 0 Å². The lowest BCUT2D eigenvalue weighted by atomic mass is 10.2. The Morgan fingerprint density at radius 1 is 1.50 bits per heavy atom. The number of carbonyl (C=O) groups excluding carboxylic acids is 1. The Labute approximate surface area is 111 Å².